The fourth-order valence-corrected chi connectivity index (χ4v) is 3.23. The number of imidazole rings is 1. The Morgan fingerprint density at radius 1 is 1.04 bits per heavy atom. The molecule has 1 amide bonds. The van der Waals surface area contributed by atoms with Gasteiger partial charge in [0.1, 0.15) is 0 Å². The topological polar surface area (TPSA) is 52.2 Å². The number of aromatic amines is 1. The average molecular weight is 320 g/mol. The summed E-state index contributed by atoms with van der Waals surface area (Å²) in [6, 6.07) is 12.3. The Kier molecular flexibility index (Phi) is 3.69. The fraction of sp³-hybridized carbons (Fsp3) is 0.263. The van der Waals surface area contributed by atoms with Crippen LogP contribution in [0.1, 0.15) is 15.9 Å². The van der Waals surface area contributed by atoms with Gasteiger partial charge in [-0.2, -0.15) is 0 Å². The van der Waals surface area contributed by atoms with Gasteiger partial charge in [0, 0.05) is 44.1 Å². The van der Waals surface area contributed by atoms with Gasteiger partial charge in [-0.3, -0.25) is 4.79 Å². The van der Waals surface area contributed by atoms with Crippen LogP contribution >= 0.6 is 0 Å². The lowest BCUT2D eigenvalue weighted by Crippen LogP contribution is -2.49. The molecular formula is C19H20N4O. The molecule has 1 N–H and O–H groups in total. The number of nitrogens with one attached hydrogen (secondary N) is 1. The van der Waals surface area contributed by atoms with Gasteiger partial charge in [0.2, 0.25) is 5.95 Å². The molecule has 2 heterocycles. The summed E-state index contributed by atoms with van der Waals surface area (Å²) < 4.78 is 0. The molecule has 2 aromatic carbocycles. The van der Waals surface area contributed by atoms with Crippen molar-refractivity contribution < 1.29 is 4.79 Å². The second kappa shape index (κ2) is 6.00. The summed E-state index contributed by atoms with van der Waals surface area (Å²) in [6.07, 6.45) is 3.58. The van der Waals surface area contributed by atoms with Gasteiger partial charge in [0.05, 0.1) is 0 Å². The molecule has 4 rings (SSSR count). The van der Waals surface area contributed by atoms with Crippen LogP contribution in [0.4, 0.5) is 5.95 Å². The van der Waals surface area contributed by atoms with Crippen molar-refractivity contribution in [1.29, 1.82) is 0 Å². The number of carbonyl (C=O) groups is 1. The minimum Gasteiger partial charge on any atom is -0.339 e. The van der Waals surface area contributed by atoms with Crippen molar-refractivity contribution in [3.63, 3.8) is 0 Å². The highest BCUT2D eigenvalue weighted by atomic mass is 16.2. The normalized spacial score (nSPS) is 15.0. The van der Waals surface area contributed by atoms with Gasteiger partial charge in [-0.15, -0.1) is 0 Å². The summed E-state index contributed by atoms with van der Waals surface area (Å²) in [6.45, 7) is 5.10. The van der Waals surface area contributed by atoms with E-state index in [1.165, 1.54) is 10.9 Å². The molecule has 1 aliphatic rings. The zero-order valence-electron chi connectivity index (χ0n) is 13.7. The third kappa shape index (κ3) is 2.73. The van der Waals surface area contributed by atoms with E-state index in [1.54, 1.807) is 6.20 Å². The van der Waals surface area contributed by atoms with Gasteiger partial charge in [-0.25, -0.2) is 4.98 Å². The number of piperazine rings is 1. The molecule has 0 atom stereocenters. The van der Waals surface area contributed by atoms with E-state index < -0.39 is 0 Å². The summed E-state index contributed by atoms with van der Waals surface area (Å²) in [4.78, 5) is 24.3. The third-order valence-corrected chi connectivity index (χ3v) is 4.59. The second-order valence-electron chi connectivity index (χ2n) is 6.26. The van der Waals surface area contributed by atoms with Crippen LogP contribution < -0.4 is 4.90 Å². The van der Waals surface area contributed by atoms with Crippen molar-refractivity contribution in [3.05, 3.63) is 59.9 Å². The molecule has 1 aromatic heterocycles. The van der Waals surface area contributed by atoms with E-state index in [9.17, 15) is 4.79 Å². The van der Waals surface area contributed by atoms with Crippen LogP contribution in [-0.2, 0) is 0 Å². The minimum atomic E-state index is 0.108. The van der Waals surface area contributed by atoms with E-state index in [-0.39, 0.29) is 5.91 Å². The molecule has 0 spiro atoms. The molecule has 1 saturated heterocycles. The molecular weight excluding hydrogens is 300 g/mol. The van der Waals surface area contributed by atoms with Crippen LogP contribution in [0.25, 0.3) is 10.8 Å². The molecule has 122 valence electrons. The number of benzene rings is 2. The van der Waals surface area contributed by atoms with E-state index in [2.05, 4.69) is 40.0 Å². The number of hydrogen-bond donors (Lipinski definition) is 1. The minimum absolute atomic E-state index is 0.108. The lowest BCUT2D eigenvalue weighted by atomic mass is 10.0. The monoisotopic (exact) mass is 320 g/mol. The number of amides is 1. The number of aryl methyl sites for hydroxylation is 1. The molecule has 3 aromatic rings. The number of hydrogen-bond acceptors (Lipinski definition) is 3. The summed E-state index contributed by atoms with van der Waals surface area (Å²) >= 11 is 0. The number of anilines is 1. The van der Waals surface area contributed by atoms with Gasteiger partial charge in [0.15, 0.2) is 0 Å². The van der Waals surface area contributed by atoms with Crippen LogP contribution in [0.5, 0.6) is 0 Å². The largest absolute Gasteiger partial charge is 0.339 e. The summed E-state index contributed by atoms with van der Waals surface area (Å²) in [7, 11) is 0. The van der Waals surface area contributed by atoms with E-state index in [0.717, 1.165) is 30.0 Å². The van der Waals surface area contributed by atoms with Crippen LogP contribution in [0.3, 0.4) is 0 Å². The number of carbonyl (C=O) groups excluding carboxylic acids is 1. The first-order valence-corrected chi connectivity index (χ1v) is 8.25. The highest BCUT2D eigenvalue weighted by Crippen LogP contribution is 2.19. The maximum Gasteiger partial charge on any atom is 0.253 e. The molecule has 5 heteroatoms. The Morgan fingerprint density at radius 3 is 2.54 bits per heavy atom. The number of H-pyrrole nitrogens is 1. The maximum atomic E-state index is 12.8. The van der Waals surface area contributed by atoms with Crippen molar-refractivity contribution in [3.8, 4) is 0 Å². The molecule has 0 saturated carbocycles. The van der Waals surface area contributed by atoms with E-state index in [0.29, 0.717) is 13.1 Å². The summed E-state index contributed by atoms with van der Waals surface area (Å²) in [5.41, 5.74) is 1.99. The van der Waals surface area contributed by atoms with Crippen molar-refractivity contribution >= 4 is 22.6 Å². The molecule has 24 heavy (non-hydrogen) atoms. The first-order chi connectivity index (χ1) is 11.7. The number of rotatable bonds is 2. The zero-order chi connectivity index (χ0) is 16.5. The summed E-state index contributed by atoms with van der Waals surface area (Å²) in [5, 5.41) is 2.29. The molecule has 0 bridgehead atoms. The molecule has 0 unspecified atom stereocenters. The Hall–Kier alpha value is -2.82. The molecule has 0 radical (unpaired) electrons. The van der Waals surface area contributed by atoms with E-state index >= 15 is 0 Å². The van der Waals surface area contributed by atoms with Crippen LogP contribution in [0.15, 0.2) is 48.8 Å². The van der Waals surface area contributed by atoms with Gasteiger partial charge in [-0.05, 0) is 29.8 Å². The van der Waals surface area contributed by atoms with Crippen molar-refractivity contribution in [2.45, 2.75) is 6.92 Å². The summed E-state index contributed by atoms with van der Waals surface area (Å²) in [5.74, 6) is 0.986. The van der Waals surface area contributed by atoms with E-state index in [1.807, 2.05) is 29.3 Å². The number of fused-ring (bicyclic) bond motifs is 1. The molecule has 1 aliphatic heterocycles. The highest BCUT2D eigenvalue weighted by Gasteiger charge is 2.23. The van der Waals surface area contributed by atoms with Crippen LogP contribution in [-0.4, -0.2) is 47.0 Å². The standard InChI is InChI=1S/C19H20N4O/c1-14-2-3-16-13-17(5-4-15(16)12-14)18(24)22-8-10-23(11-9-22)19-20-6-7-21-19/h2-7,12-13H,8-11H2,1H3,(H,20,21). The fourth-order valence-electron chi connectivity index (χ4n) is 3.23. The molecule has 1 fully saturated rings. The first-order valence-electron chi connectivity index (χ1n) is 8.25. The van der Waals surface area contributed by atoms with Crippen molar-refractivity contribution in [1.82, 2.24) is 14.9 Å². The van der Waals surface area contributed by atoms with Crippen molar-refractivity contribution in [2.24, 2.45) is 0 Å². The van der Waals surface area contributed by atoms with Crippen molar-refractivity contribution in [2.75, 3.05) is 31.1 Å². The van der Waals surface area contributed by atoms with Gasteiger partial charge < -0.3 is 14.8 Å². The Balaban J connectivity index is 1.49. The zero-order valence-corrected chi connectivity index (χ0v) is 13.7. The second-order valence-corrected chi connectivity index (χ2v) is 6.26. The third-order valence-electron chi connectivity index (χ3n) is 4.59. The molecule has 5 nitrogen and oxygen atoms in total. The maximum absolute atomic E-state index is 12.8. The van der Waals surface area contributed by atoms with Crippen LogP contribution in [0, 0.1) is 6.92 Å². The van der Waals surface area contributed by atoms with E-state index in [4.69, 9.17) is 0 Å². The SMILES string of the molecule is Cc1ccc2cc(C(=O)N3CCN(c4ncc[nH]4)CC3)ccc2c1. The van der Waals surface area contributed by atoms with Gasteiger partial charge >= 0.3 is 0 Å². The smallest absolute Gasteiger partial charge is 0.253 e. The quantitative estimate of drug-likeness (QED) is 0.790. The lowest BCUT2D eigenvalue weighted by Gasteiger charge is -2.34. The lowest BCUT2D eigenvalue weighted by molar-refractivity contribution is 0.0746. The number of nitrogens with zero attached hydrogens (tertiary/aromatic N) is 3. The Labute approximate surface area is 140 Å². The predicted octanol–water partition coefficient (Wildman–Crippen LogP) is 2.83. The van der Waals surface area contributed by atoms with Gasteiger partial charge in [0.25, 0.3) is 5.91 Å². The highest BCUT2D eigenvalue weighted by molar-refractivity contribution is 5.98. The number of aromatic nitrogens is 2. The Morgan fingerprint density at radius 2 is 1.79 bits per heavy atom. The molecule has 0 aliphatic carbocycles. The predicted molar refractivity (Wildman–Crippen MR) is 95.4 cm³/mol. The first kappa shape index (κ1) is 14.8. The van der Waals surface area contributed by atoms with Crippen LogP contribution in [0.2, 0.25) is 0 Å². The van der Waals surface area contributed by atoms with Gasteiger partial charge in [-0.1, -0.05) is 29.8 Å². The average Bonchev–Trinajstić information content (AvgIpc) is 3.15. The Bertz CT molecular complexity index is 864.